The third-order valence-corrected chi connectivity index (χ3v) is 3.42. The Bertz CT molecular complexity index is 577. The van der Waals surface area contributed by atoms with E-state index in [1.54, 1.807) is 6.20 Å². The van der Waals surface area contributed by atoms with Crippen LogP contribution in [0.15, 0.2) is 36.5 Å². The summed E-state index contributed by atoms with van der Waals surface area (Å²) < 4.78 is 0. The largest absolute Gasteiger partial charge is 0.348 e. The fourth-order valence-electron chi connectivity index (χ4n) is 2.26. The molecule has 0 radical (unpaired) electrons. The third-order valence-electron chi connectivity index (χ3n) is 3.42. The Morgan fingerprint density at radius 1 is 1.35 bits per heavy atom. The van der Waals surface area contributed by atoms with Crippen LogP contribution in [-0.2, 0) is 0 Å². The van der Waals surface area contributed by atoms with E-state index in [2.05, 4.69) is 17.2 Å². The van der Waals surface area contributed by atoms with E-state index in [-0.39, 0.29) is 11.9 Å². The van der Waals surface area contributed by atoms with Gasteiger partial charge in [0.1, 0.15) is 0 Å². The molecule has 0 aliphatic rings. The molecule has 4 nitrogen and oxygen atoms in total. The molecule has 0 bridgehead atoms. The molecule has 0 spiro atoms. The first kappa shape index (κ1) is 14.5. The molecule has 0 aliphatic heterocycles. The number of hydrogen-bond donors (Lipinski definition) is 2. The molecule has 1 heterocycles. The fourth-order valence-corrected chi connectivity index (χ4v) is 2.26. The second kappa shape index (κ2) is 7.01. The Morgan fingerprint density at radius 3 is 2.95 bits per heavy atom. The minimum absolute atomic E-state index is 0.0365. The van der Waals surface area contributed by atoms with Crippen LogP contribution in [0.4, 0.5) is 0 Å². The Hall–Kier alpha value is -1.94. The molecule has 1 aromatic heterocycles. The van der Waals surface area contributed by atoms with Crippen molar-refractivity contribution >= 4 is 16.8 Å². The molecule has 0 aliphatic carbocycles. The number of aromatic nitrogens is 1. The number of benzene rings is 1. The van der Waals surface area contributed by atoms with Gasteiger partial charge in [-0.3, -0.25) is 9.78 Å². The van der Waals surface area contributed by atoms with E-state index in [0.29, 0.717) is 12.1 Å². The molecular formula is C16H21N3O. The van der Waals surface area contributed by atoms with Crippen LogP contribution in [0.5, 0.6) is 0 Å². The van der Waals surface area contributed by atoms with Crippen molar-refractivity contribution in [3.63, 3.8) is 0 Å². The highest BCUT2D eigenvalue weighted by Crippen LogP contribution is 2.16. The molecule has 106 valence electrons. The van der Waals surface area contributed by atoms with Crippen molar-refractivity contribution in [1.29, 1.82) is 0 Å². The third kappa shape index (κ3) is 3.33. The zero-order chi connectivity index (χ0) is 14.4. The van der Waals surface area contributed by atoms with Crippen LogP contribution in [-0.4, -0.2) is 23.5 Å². The molecule has 20 heavy (non-hydrogen) atoms. The summed E-state index contributed by atoms with van der Waals surface area (Å²) in [5, 5.41) is 3.89. The van der Waals surface area contributed by atoms with Crippen molar-refractivity contribution in [2.24, 2.45) is 5.73 Å². The zero-order valence-corrected chi connectivity index (χ0v) is 11.8. The summed E-state index contributed by atoms with van der Waals surface area (Å²) in [6.45, 7) is 2.60. The van der Waals surface area contributed by atoms with Crippen LogP contribution in [0.2, 0.25) is 0 Å². The molecule has 2 aromatic rings. The Morgan fingerprint density at radius 2 is 2.20 bits per heavy atom. The molecule has 1 unspecified atom stereocenters. The highest BCUT2D eigenvalue weighted by molar-refractivity contribution is 6.06. The molecule has 1 atom stereocenters. The summed E-state index contributed by atoms with van der Waals surface area (Å²) in [7, 11) is 0. The number of nitrogens with two attached hydrogens (primary N) is 1. The van der Waals surface area contributed by atoms with Gasteiger partial charge < -0.3 is 11.1 Å². The monoisotopic (exact) mass is 271 g/mol. The summed E-state index contributed by atoms with van der Waals surface area (Å²) >= 11 is 0. The average Bonchev–Trinajstić information content (AvgIpc) is 2.50. The van der Waals surface area contributed by atoms with E-state index in [4.69, 9.17) is 5.73 Å². The van der Waals surface area contributed by atoms with Crippen molar-refractivity contribution in [3.05, 3.63) is 42.1 Å². The van der Waals surface area contributed by atoms with Crippen molar-refractivity contribution in [2.75, 3.05) is 6.54 Å². The van der Waals surface area contributed by atoms with Crippen LogP contribution in [0.3, 0.4) is 0 Å². The fraction of sp³-hybridized carbons (Fsp3) is 0.375. The standard InChI is InChI=1S/C16H21N3O/c1-2-3-6-12(11-17)19-16(20)14-7-4-9-15-13(14)8-5-10-18-15/h4-5,7-10,12H,2-3,6,11,17H2,1H3,(H,19,20). The molecule has 1 amide bonds. The predicted molar refractivity (Wildman–Crippen MR) is 81.6 cm³/mol. The molecule has 4 heteroatoms. The Balaban J connectivity index is 2.18. The lowest BCUT2D eigenvalue weighted by Gasteiger charge is -2.17. The number of nitrogens with zero attached hydrogens (tertiary/aromatic N) is 1. The van der Waals surface area contributed by atoms with Gasteiger partial charge in [-0.1, -0.05) is 31.9 Å². The van der Waals surface area contributed by atoms with Crippen LogP contribution in [0.1, 0.15) is 36.5 Å². The normalized spacial score (nSPS) is 12.3. The summed E-state index contributed by atoms with van der Waals surface area (Å²) in [4.78, 5) is 16.7. The Kier molecular flexibility index (Phi) is 5.07. The maximum absolute atomic E-state index is 12.4. The number of amides is 1. The van der Waals surface area contributed by atoms with Crippen LogP contribution in [0, 0.1) is 0 Å². The number of pyridine rings is 1. The number of hydrogen-bond acceptors (Lipinski definition) is 3. The minimum atomic E-state index is -0.0739. The summed E-state index contributed by atoms with van der Waals surface area (Å²) in [6.07, 6.45) is 4.82. The Labute approximate surface area is 119 Å². The maximum Gasteiger partial charge on any atom is 0.252 e. The van der Waals surface area contributed by atoms with Gasteiger partial charge in [-0.05, 0) is 24.6 Å². The second-order valence-electron chi connectivity index (χ2n) is 4.92. The van der Waals surface area contributed by atoms with Gasteiger partial charge in [0, 0.05) is 29.7 Å². The second-order valence-corrected chi connectivity index (χ2v) is 4.92. The van der Waals surface area contributed by atoms with Gasteiger partial charge >= 0.3 is 0 Å². The number of rotatable bonds is 6. The lowest BCUT2D eigenvalue weighted by molar-refractivity contribution is 0.0937. The van der Waals surface area contributed by atoms with E-state index in [0.717, 1.165) is 30.2 Å². The van der Waals surface area contributed by atoms with Crippen molar-refractivity contribution in [3.8, 4) is 0 Å². The van der Waals surface area contributed by atoms with Gasteiger partial charge in [-0.25, -0.2) is 0 Å². The van der Waals surface area contributed by atoms with Crippen molar-refractivity contribution in [2.45, 2.75) is 32.2 Å². The topological polar surface area (TPSA) is 68.0 Å². The molecule has 0 saturated heterocycles. The van der Waals surface area contributed by atoms with Gasteiger partial charge in [0.2, 0.25) is 0 Å². The smallest absolute Gasteiger partial charge is 0.252 e. The molecule has 2 rings (SSSR count). The summed E-state index contributed by atoms with van der Waals surface area (Å²) in [6, 6.07) is 9.39. The van der Waals surface area contributed by atoms with Gasteiger partial charge in [0.15, 0.2) is 0 Å². The van der Waals surface area contributed by atoms with E-state index >= 15 is 0 Å². The van der Waals surface area contributed by atoms with Crippen LogP contribution < -0.4 is 11.1 Å². The molecular weight excluding hydrogens is 250 g/mol. The van der Waals surface area contributed by atoms with E-state index < -0.39 is 0 Å². The predicted octanol–water partition coefficient (Wildman–Crippen LogP) is 2.48. The highest BCUT2D eigenvalue weighted by atomic mass is 16.1. The van der Waals surface area contributed by atoms with Crippen LogP contribution in [0.25, 0.3) is 10.9 Å². The van der Waals surface area contributed by atoms with E-state index in [9.17, 15) is 4.79 Å². The SMILES string of the molecule is CCCCC(CN)NC(=O)c1cccc2ncccc12. The number of fused-ring (bicyclic) bond motifs is 1. The average molecular weight is 271 g/mol. The summed E-state index contributed by atoms with van der Waals surface area (Å²) in [5.41, 5.74) is 7.21. The van der Waals surface area contributed by atoms with Gasteiger partial charge in [0.25, 0.3) is 5.91 Å². The number of carbonyl (C=O) groups excluding carboxylic acids is 1. The van der Waals surface area contributed by atoms with E-state index in [1.165, 1.54) is 0 Å². The number of nitrogens with one attached hydrogen (secondary N) is 1. The zero-order valence-electron chi connectivity index (χ0n) is 11.8. The van der Waals surface area contributed by atoms with Gasteiger partial charge in [-0.15, -0.1) is 0 Å². The summed E-state index contributed by atoms with van der Waals surface area (Å²) in [5.74, 6) is -0.0739. The van der Waals surface area contributed by atoms with Crippen molar-refractivity contribution in [1.82, 2.24) is 10.3 Å². The first-order chi connectivity index (χ1) is 9.76. The minimum Gasteiger partial charge on any atom is -0.348 e. The van der Waals surface area contributed by atoms with Crippen molar-refractivity contribution < 1.29 is 4.79 Å². The lowest BCUT2D eigenvalue weighted by atomic mass is 10.1. The molecule has 0 saturated carbocycles. The first-order valence-corrected chi connectivity index (χ1v) is 7.11. The highest BCUT2D eigenvalue weighted by Gasteiger charge is 2.14. The number of carbonyl (C=O) groups is 1. The molecule has 1 aromatic carbocycles. The molecule has 0 fully saturated rings. The van der Waals surface area contributed by atoms with Gasteiger partial charge in [0.05, 0.1) is 5.52 Å². The quantitative estimate of drug-likeness (QED) is 0.848. The van der Waals surface area contributed by atoms with Crippen LogP contribution >= 0.6 is 0 Å². The lowest BCUT2D eigenvalue weighted by Crippen LogP contribution is -2.40. The maximum atomic E-state index is 12.4. The first-order valence-electron chi connectivity index (χ1n) is 7.11. The molecule has 3 N–H and O–H groups in total. The number of unbranched alkanes of at least 4 members (excludes halogenated alkanes) is 1. The van der Waals surface area contributed by atoms with Gasteiger partial charge in [-0.2, -0.15) is 0 Å². The van der Waals surface area contributed by atoms with E-state index in [1.807, 2.05) is 30.3 Å².